The van der Waals surface area contributed by atoms with Gasteiger partial charge in [-0.05, 0) is 55.3 Å². The zero-order valence-electron chi connectivity index (χ0n) is 17.8. The molecule has 2 spiro atoms. The van der Waals surface area contributed by atoms with Gasteiger partial charge in [0.1, 0.15) is 0 Å². The summed E-state index contributed by atoms with van der Waals surface area (Å²) in [6.45, 7) is 7.68. The number of oxime groups is 1. The van der Waals surface area contributed by atoms with Crippen LogP contribution in [0.4, 0.5) is 0 Å². The van der Waals surface area contributed by atoms with E-state index < -0.39 is 5.79 Å². The van der Waals surface area contributed by atoms with Crippen LogP contribution in [0.1, 0.15) is 65.2 Å². The van der Waals surface area contributed by atoms with Crippen LogP contribution in [0.2, 0.25) is 0 Å². The van der Waals surface area contributed by atoms with Gasteiger partial charge in [-0.25, -0.2) is 0 Å². The third-order valence-electron chi connectivity index (χ3n) is 10.2. The van der Waals surface area contributed by atoms with Crippen LogP contribution in [0.5, 0.6) is 0 Å². The lowest BCUT2D eigenvalue weighted by atomic mass is 9.44. The first-order chi connectivity index (χ1) is 14.0. The van der Waals surface area contributed by atoms with E-state index in [9.17, 15) is 5.21 Å². The highest BCUT2D eigenvalue weighted by Crippen LogP contribution is 2.69. The molecule has 0 radical (unpaired) electrons. The number of rotatable bonds is 0. The fourth-order valence-corrected chi connectivity index (χ4v) is 8.75. The maximum atomic E-state index is 10.0. The Bertz CT molecular complexity index is 712. The third kappa shape index (κ3) is 2.35. The Morgan fingerprint density at radius 3 is 2.28 bits per heavy atom. The second kappa shape index (κ2) is 6.18. The lowest BCUT2D eigenvalue weighted by molar-refractivity contribution is -0.249. The summed E-state index contributed by atoms with van der Waals surface area (Å²) in [6, 6.07) is 0. The van der Waals surface area contributed by atoms with Gasteiger partial charge >= 0.3 is 0 Å². The van der Waals surface area contributed by atoms with E-state index in [-0.39, 0.29) is 22.5 Å². The fourth-order valence-electron chi connectivity index (χ4n) is 8.75. The summed E-state index contributed by atoms with van der Waals surface area (Å²) in [5.74, 6) is 1.21. The Morgan fingerprint density at radius 1 is 0.862 bits per heavy atom. The van der Waals surface area contributed by atoms with Gasteiger partial charge < -0.3 is 24.2 Å². The first-order valence-electron chi connectivity index (χ1n) is 11.7. The number of hydrogen-bond acceptors (Lipinski definition) is 6. The number of hydrogen-bond donors (Lipinski definition) is 1. The molecule has 0 amide bonds. The average Bonchev–Trinajstić information content (AvgIpc) is 3.44. The van der Waals surface area contributed by atoms with Crippen molar-refractivity contribution in [2.75, 3.05) is 26.4 Å². The molecule has 0 aromatic carbocycles. The number of nitrogens with zero attached hydrogens (tertiary/aromatic N) is 1. The Labute approximate surface area is 173 Å². The largest absolute Gasteiger partial charge is 0.411 e. The van der Waals surface area contributed by atoms with Crippen molar-refractivity contribution < 1.29 is 24.2 Å². The minimum atomic E-state index is -0.445. The van der Waals surface area contributed by atoms with E-state index in [1.54, 1.807) is 0 Å². The van der Waals surface area contributed by atoms with E-state index in [0.717, 1.165) is 57.5 Å². The van der Waals surface area contributed by atoms with Crippen molar-refractivity contribution in [2.24, 2.45) is 39.7 Å². The normalized spacial score (nSPS) is 51.3. The van der Waals surface area contributed by atoms with E-state index in [0.29, 0.717) is 31.0 Å². The lowest BCUT2D eigenvalue weighted by Gasteiger charge is -2.62. The molecule has 6 rings (SSSR count). The molecule has 3 unspecified atom stereocenters. The smallest absolute Gasteiger partial charge is 0.174 e. The molecule has 6 nitrogen and oxygen atoms in total. The first-order valence-corrected chi connectivity index (χ1v) is 11.7. The molecular weight excluding hydrogens is 370 g/mol. The molecule has 2 saturated heterocycles. The molecular formula is C23H35NO5. The molecule has 2 heterocycles. The molecule has 2 aliphatic heterocycles. The summed E-state index contributed by atoms with van der Waals surface area (Å²) in [4.78, 5) is 0. The standard InChI is InChI=1S/C23H35NO5/c1-20-7-8-22(26-9-10-27-22)14-18(20)19(24-25)13-15-16(20)3-5-21(2)17(15)4-6-23(21)28-11-12-29-23/h15-18,25H,3-14H2,1-2H3/b24-19+/t15?,16?,17?,18-,20-,21+/m1/s1. The summed E-state index contributed by atoms with van der Waals surface area (Å²) in [7, 11) is 0. The highest BCUT2D eigenvalue weighted by Gasteiger charge is 2.68. The Hall–Kier alpha value is -0.690. The van der Waals surface area contributed by atoms with Crippen molar-refractivity contribution in [3.63, 3.8) is 0 Å². The van der Waals surface area contributed by atoms with Gasteiger partial charge in [0, 0.05) is 30.6 Å². The molecule has 4 aliphatic carbocycles. The highest BCUT2D eigenvalue weighted by atomic mass is 16.7. The van der Waals surface area contributed by atoms with Crippen molar-refractivity contribution in [2.45, 2.75) is 76.8 Å². The Balaban J connectivity index is 1.34. The molecule has 4 saturated carbocycles. The van der Waals surface area contributed by atoms with E-state index in [1.165, 1.54) is 12.8 Å². The predicted octanol–water partition coefficient (Wildman–Crippen LogP) is 3.96. The summed E-state index contributed by atoms with van der Waals surface area (Å²) >= 11 is 0. The highest BCUT2D eigenvalue weighted by molar-refractivity contribution is 5.88. The molecule has 6 aliphatic rings. The number of fused-ring (bicyclic) bond motifs is 6. The van der Waals surface area contributed by atoms with Crippen molar-refractivity contribution >= 4 is 5.71 Å². The monoisotopic (exact) mass is 405 g/mol. The summed E-state index contributed by atoms with van der Waals surface area (Å²) < 4.78 is 24.7. The minimum absolute atomic E-state index is 0.0714. The van der Waals surface area contributed by atoms with Crippen LogP contribution in [0, 0.1) is 34.5 Å². The Morgan fingerprint density at radius 2 is 1.55 bits per heavy atom. The molecule has 0 aromatic heterocycles. The molecule has 6 atom stereocenters. The molecule has 1 N–H and O–H groups in total. The average molecular weight is 406 g/mol. The van der Waals surface area contributed by atoms with Gasteiger partial charge in [0.2, 0.25) is 0 Å². The molecule has 6 fully saturated rings. The van der Waals surface area contributed by atoms with Gasteiger partial charge in [-0.1, -0.05) is 19.0 Å². The van der Waals surface area contributed by atoms with Crippen molar-refractivity contribution in [1.82, 2.24) is 0 Å². The molecule has 29 heavy (non-hydrogen) atoms. The second-order valence-electron chi connectivity index (χ2n) is 11.0. The van der Waals surface area contributed by atoms with Crippen LogP contribution >= 0.6 is 0 Å². The van der Waals surface area contributed by atoms with E-state index in [4.69, 9.17) is 18.9 Å². The van der Waals surface area contributed by atoms with Crippen LogP contribution in [-0.4, -0.2) is 48.9 Å². The zero-order chi connectivity index (χ0) is 19.9. The maximum absolute atomic E-state index is 10.0. The molecule has 162 valence electrons. The molecule has 0 bridgehead atoms. The van der Waals surface area contributed by atoms with Crippen LogP contribution in [0.3, 0.4) is 0 Å². The van der Waals surface area contributed by atoms with Crippen molar-refractivity contribution in [1.29, 1.82) is 0 Å². The molecule has 0 aromatic rings. The number of ether oxygens (including phenoxy) is 4. The first kappa shape index (κ1) is 19.0. The summed E-state index contributed by atoms with van der Waals surface area (Å²) in [6.07, 6.45) is 8.33. The summed E-state index contributed by atoms with van der Waals surface area (Å²) in [5.41, 5.74) is 1.20. The van der Waals surface area contributed by atoms with E-state index >= 15 is 0 Å². The van der Waals surface area contributed by atoms with Crippen LogP contribution in [0.15, 0.2) is 5.16 Å². The van der Waals surface area contributed by atoms with Gasteiger partial charge in [0.25, 0.3) is 0 Å². The van der Waals surface area contributed by atoms with Crippen LogP contribution in [0.25, 0.3) is 0 Å². The maximum Gasteiger partial charge on any atom is 0.174 e. The van der Waals surface area contributed by atoms with Gasteiger partial charge in [-0.2, -0.15) is 0 Å². The quantitative estimate of drug-likeness (QED) is 0.488. The topological polar surface area (TPSA) is 69.5 Å². The van der Waals surface area contributed by atoms with Gasteiger partial charge in [0.15, 0.2) is 11.6 Å². The SMILES string of the molecule is C[C@]12CCC3C(C/C(=N\O)[C@H]4CC5(CC[C@]34C)OCCO5)C1CCC21OCCO1. The second-order valence-corrected chi connectivity index (χ2v) is 11.0. The summed E-state index contributed by atoms with van der Waals surface area (Å²) in [5, 5.41) is 13.9. The van der Waals surface area contributed by atoms with Crippen LogP contribution in [-0.2, 0) is 18.9 Å². The third-order valence-corrected chi connectivity index (χ3v) is 10.2. The minimum Gasteiger partial charge on any atom is -0.411 e. The Kier molecular flexibility index (Phi) is 4.06. The lowest BCUT2D eigenvalue weighted by Crippen LogP contribution is -2.60. The van der Waals surface area contributed by atoms with E-state index in [1.807, 2.05) is 0 Å². The van der Waals surface area contributed by atoms with Gasteiger partial charge in [0.05, 0.1) is 32.1 Å². The predicted molar refractivity (Wildman–Crippen MR) is 106 cm³/mol. The van der Waals surface area contributed by atoms with Crippen molar-refractivity contribution in [3.05, 3.63) is 0 Å². The van der Waals surface area contributed by atoms with Crippen molar-refractivity contribution in [3.8, 4) is 0 Å². The van der Waals surface area contributed by atoms with Gasteiger partial charge in [-0.3, -0.25) is 0 Å². The van der Waals surface area contributed by atoms with Gasteiger partial charge in [-0.15, -0.1) is 0 Å². The van der Waals surface area contributed by atoms with E-state index in [2.05, 4.69) is 19.0 Å². The molecule has 6 heteroatoms. The van der Waals surface area contributed by atoms with Crippen LogP contribution < -0.4 is 0 Å². The fraction of sp³-hybridized carbons (Fsp3) is 0.957. The zero-order valence-corrected chi connectivity index (χ0v) is 17.8.